The van der Waals surface area contributed by atoms with Crippen LogP contribution in [0, 0.1) is 5.82 Å². The Morgan fingerprint density at radius 2 is 1.87 bits per heavy atom. The molecule has 0 bridgehead atoms. The van der Waals surface area contributed by atoms with Crippen LogP contribution in [0.2, 0.25) is 0 Å². The van der Waals surface area contributed by atoms with Gasteiger partial charge in [0.2, 0.25) is 0 Å². The molecule has 0 spiro atoms. The van der Waals surface area contributed by atoms with Gasteiger partial charge in [-0.1, -0.05) is 48.5 Å². The van der Waals surface area contributed by atoms with Crippen molar-refractivity contribution in [3.8, 4) is 5.75 Å². The van der Waals surface area contributed by atoms with Gasteiger partial charge in [-0.15, -0.1) is 0 Å². The average molecular weight is 403 g/mol. The van der Waals surface area contributed by atoms with Gasteiger partial charge in [-0.05, 0) is 35.7 Å². The number of carbonyl (C=O) groups is 1. The van der Waals surface area contributed by atoms with Crippen molar-refractivity contribution >= 4 is 16.9 Å². The Balaban J connectivity index is 1.64. The Hall–Kier alpha value is -3.60. The zero-order valence-corrected chi connectivity index (χ0v) is 16.3. The van der Waals surface area contributed by atoms with Gasteiger partial charge in [0.1, 0.15) is 17.7 Å². The first kappa shape index (κ1) is 19.7. The summed E-state index contributed by atoms with van der Waals surface area (Å²) in [6.07, 6.45) is 2.26. The van der Waals surface area contributed by atoms with E-state index in [9.17, 15) is 9.18 Å². The molecule has 3 aromatic carbocycles. The minimum atomic E-state index is -0.947. The van der Waals surface area contributed by atoms with E-state index in [0.717, 1.165) is 22.0 Å². The number of aryl methyl sites for hydroxylation is 1. The quantitative estimate of drug-likeness (QED) is 0.397. The number of aromatic amines is 1. The molecule has 0 aliphatic carbocycles. The van der Waals surface area contributed by atoms with E-state index in [1.165, 1.54) is 6.07 Å². The van der Waals surface area contributed by atoms with Crippen LogP contribution in [-0.4, -0.2) is 16.1 Å². The van der Waals surface area contributed by atoms with Crippen LogP contribution < -0.4 is 4.74 Å². The van der Waals surface area contributed by atoms with E-state index in [0.29, 0.717) is 17.7 Å². The number of halogens is 1. The van der Waals surface area contributed by atoms with E-state index < -0.39 is 11.8 Å². The highest BCUT2D eigenvalue weighted by Gasteiger charge is 2.18. The molecular weight excluding hydrogens is 381 g/mol. The molecule has 4 rings (SSSR count). The predicted molar refractivity (Wildman–Crippen MR) is 114 cm³/mol. The summed E-state index contributed by atoms with van der Waals surface area (Å²) in [5.74, 6) is -0.982. The standard InChI is InChI=1S/C25H22FNO3/c26-22-16-19(11-9-18(22)10-12-25(28)29)30-24(15-17-5-2-1-3-6-17)21-7-4-8-23-20(21)13-14-27-23/h1-9,11,13-14,16,24,27H,10,12,15H2,(H,28,29). The third-order valence-electron chi connectivity index (χ3n) is 5.15. The van der Waals surface area contributed by atoms with Gasteiger partial charge in [-0.25, -0.2) is 4.39 Å². The number of rotatable bonds is 8. The predicted octanol–water partition coefficient (Wildman–Crippen LogP) is 5.69. The molecule has 152 valence electrons. The number of fused-ring (bicyclic) bond motifs is 1. The average Bonchev–Trinajstić information content (AvgIpc) is 3.22. The number of hydrogen-bond donors (Lipinski definition) is 2. The zero-order valence-electron chi connectivity index (χ0n) is 16.3. The van der Waals surface area contributed by atoms with Gasteiger partial charge in [0.05, 0.1) is 0 Å². The van der Waals surface area contributed by atoms with Gasteiger partial charge in [0, 0.05) is 41.6 Å². The first-order valence-electron chi connectivity index (χ1n) is 9.87. The van der Waals surface area contributed by atoms with Crippen molar-refractivity contribution in [2.45, 2.75) is 25.4 Å². The molecule has 4 nitrogen and oxygen atoms in total. The molecule has 2 N–H and O–H groups in total. The number of aromatic nitrogens is 1. The number of hydrogen-bond acceptors (Lipinski definition) is 2. The summed E-state index contributed by atoms with van der Waals surface area (Å²) in [6, 6.07) is 22.7. The summed E-state index contributed by atoms with van der Waals surface area (Å²) in [5, 5.41) is 9.89. The Labute approximate surface area is 173 Å². The fourth-order valence-corrected chi connectivity index (χ4v) is 3.64. The molecule has 1 atom stereocenters. The number of benzene rings is 3. The maximum Gasteiger partial charge on any atom is 0.303 e. The van der Waals surface area contributed by atoms with Crippen LogP contribution in [0.3, 0.4) is 0 Å². The van der Waals surface area contributed by atoms with Crippen molar-refractivity contribution in [1.29, 1.82) is 0 Å². The largest absolute Gasteiger partial charge is 0.485 e. The third kappa shape index (κ3) is 4.51. The van der Waals surface area contributed by atoms with Crippen LogP contribution in [0.15, 0.2) is 79.0 Å². The maximum absolute atomic E-state index is 14.5. The van der Waals surface area contributed by atoms with E-state index in [-0.39, 0.29) is 18.9 Å². The van der Waals surface area contributed by atoms with E-state index in [4.69, 9.17) is 9.84 Å². The van der Waals surface area contributed by atoms with Gasteiger partial charge in [-0.3, -0.25) is 4.79 Å². The summed E-state index contributed by atoms with van der Waals surface area (Å²) >= 11 is 0. The smallest absolute Gasteiger partial charge is 0.303 e. The Kier molecular flexibility index (Phi) is 5.80. The third-order valence-corrected chi connectivity index (χ3v) is 5.15. The fraction of sp³-hybridized carbons (Fsp3) is 0.160. The lowest BCUT2D eigenvalue weighted by atomic mass is 9.98. The normalized spacial score (nSPS) is 12.0. The Morgan fingerprint density at radius 3 is 2.63 bits per heavy atom. The lowest BCUT2D eigenvalue weighted by Gasteiger charge is -2.21. The summed E-state index contributed by atoms with van der Waals surface area (Å²) in [4.78, 5) is 14.0. The lowest BCUT2D eigenvalue weighted by Crippen LogP contribution is -2.12. The molecule has 1 unspecified atom stereocenters. The van der Waals surface area contributed by atoms with Crippen LogP contribution in [0.4, 0.5) is 4.39 Å². The molecule has 1 aromatic heterocycles. The second-order valence-corrected chi connectivity index (χ2v) is 7.23. The molecule has 0 radical (unpaired) electrons. The van der Waals surface area contributed by atoms with E-state index >= 15 is 0 Å². The molecule has 0 aliphatic heterocycles. The summed E-state index contributed by atoms with van der Waals surface area (Å²) in [6.45, 7) is 0. The minimum absolute atomic E-state index is 0.108. The van der Waals surface area contributed by atoms with E-state index in [1.807, 2.05) is 60.8 Å². The highest BCUT2D eigenvalue weighted by Crippen LogP contribution is 2.31. The summed E-state index contributed by atoms with van der Waals surface area (Å²) < 4.78 is 20.8. The SMILES string of the molecule is O=C(O)CCc1ccc(OC(Cc2ccccc2)c2cccc3[nH]ccc23)cc1F. The number of carboxylic acids is 1. The molecule has 0 saturated carbocycles. The van der Waals surface area contributed by atoms with E-state index in [2.05, 4.69) is 4.98 Å². The molecule has 0 amide bonds. The van der Waals surface area contributed by atoms with Crippen LogP contribution in [0.5, 0.6) is 5.75 Å². The number of ether oxygens (including phenoxy) is 1. The van der Waals surface area contributed by atoms with Crippen LogP contribution in [0.25, 0.3) is 10.9 Å². The van der Waals surface area contributed by atoms with Crippen molar-refractivity contribution in [3.63, 3.8) is 0 Å². The Morgan fingerprint density at radius 1 is 1.03 bits per heavy atom. The first-order valence-corrected chi connectivity index (χ1v) is 9.87. The lowest BCUT2D eigenvalue weighted by molar-refractivity contribution is -0.136. The summed E-state index contributed by atoms with van der Waals surface area (Å²) in [5.41, 5.74) is 3.53. The van der Waals surface area contributed by atoms with Crippen molar-refractivity contribution in [2.75, 3.05) is 0 Å². The Bertz CT molecular complexity index is 1150. The number of nitrogens with one attached hydrogen (secondary N) is 1. The molecule has 5 heteroatoms. The maximum atomic E-state index is 14.5. The van der Waals surface area contributed by atoms with Gasteiger partial charge in [0.25, 0.3) is 0 Å². The number of carboxylic acid groups (broad SMARTS) is 1. The highest BCUT2D eigenvalue weighted by molar-refractivity contribution is 5.83. The zero-order chi connectivity index (χ0) is 20.9. The molecule has 0 fully saturated rings. The van der Waals surface area contributed by atoms with Crippen molar-refractivity contribution in [2.24, 2.45) is 0 Å². The van der Waals surface area contributed by atoms with Gasteiger partial charge >= 0.3 is 5.97 Å². The monoisotopic (exact) mass is 403 g/mol. The second kappa shape index (κ2) is 8.82. The van der Waals surface area contributed by atoms with Crippen LogP contribution in [-0.2, 0) is 17.6 Å². The highest BCUT2D eigenvalue weighted by atomic mass is 19.1. The van der Waals surface area contributed by atoms with Gasteiger partial charge in [-0.2, -0.15) is 0 Å². The van der Waals surface area contributed by atoms with Crippen molar-refractivity contribution in [3.05, 3.63) is 102 Å². The molecule has 0 aliphatic rings. The molecule has 0 saturated heterocycles. The topological polar surface area (TPSA) is 62.3 Å². The first-order chi connectivity index (χ1) is 14.6. The number of H-pyrrole nitrogens is 1. The van der Waals surface area contributed by atoms with Gasteiger partial charge in [0.15, 0.2) is 0 Å². The minimum Gasteiger partial charge on any atom is -0.485 e. The van der Waals surface area contributed by atoms with Gasteiger partial charge < -0.3 is 14.8 Å². The van der Waals surface area contributed by atoms with Crippen molar-refractivity contribution in [1.82, 2.24) is 4.98 Å². The second-order valence-electron chi connectivity index (χ2n) is 7.23. The summed E-state index contributed by atoms with van der Waals surface area (Å²) in [7, 11) is 0. The number of aliphatic carboxylic acids is 1. The molecular formula is C25H22FNO3. The van der Waals surface area contributed by atoms with Crippen LogP contribution in [0.1, 0.15) is 29.2 Å². The van der Waals surface area contributed by atoms with Crippen LogP contribution >= 0.6 is 0 Å². The van der Waals surface area contributed by atoms with Crippen molar-refractivity contribution < 1.29 is 19.0 Å². The molecule has 4 aromatic rings. The molecule has 30 heavy (non-hydrogen) atoms. The van der Waals surface area contributed by atoms with E-state index in [1.54, 1.807) is 12.1 Å². The molecule has 1 heterocycles. The fourth-order valence-electron chi connectivity index (χ4n) is 3.64.